The van der Waals surface area contributed by atoms with E-state index in [1.165, 1.54) is 77.0 Å². The second-order valence-corrected chi connectivity index (χ2v) is 9.49. The van der Waals surface area contributed by atoms with Crippen molar-refractivity contribution in [1.82, 2.24) is 0 Å². The summed E-state index contributed by atoms with van der Waals surface area (Å²) >= 11 is 3.60. The van der Waals surface area contributed by atoms with Crippen LogP contribution in [0.15, 0.2) is 0 Å². The molecule has 0 heterocycles. The summed E-state index contributed by atoms with van der Waals surface area (Å²) in [6, 6.07) is 0. The summed E-state index contributed by atoms with van der Waals surface area (Å²) in [6.45, 7) is -2.27. The van der Waals surface area contributed by atoms with E-state index >= 15 is 0 Å². The van der Waals surface area contributed by atoms with E-state index in [1.54, 1.807) is 0 Å². The molecule has 0 aromatic heterocycles. The van der Waals surface area contributed by atoms with Crippen molar-refractivity contribution < 1.29 is 34.8 Å². The number of carbonyl (C=O) groups is 1. The second kappa shape index (κ2) is 25.9. The van der Waals surface area contributed by atoms with Gasteiger partial charge in [-0.1, -0.05) is 84.0 Å². The van der Waals surface area contributed by atoms with E-state index in [9.17, 15) is 4.79 Å². The van der Waals surface area contributed by atoms with Crippen molar-refractivity contribution in [1.29, 1.82) is 0 Å². The third-order valence-electron chi connectivity index (χ3n) is 3.95. The van der Waals surface area contributed by atoms with Crippen LogP contribution in [0.5, 0.6) is 0 Å². The maximum absolute atomic E-state index is 10.5. The molecule has 0 saturated carbocycles. The van der Waals surface area contributed by atoms with Crippen LogP contribution < -0.4 is 5.73 Å². The molecule has 178 valence electrons. The molecule has 0 atom stereocenters. The van der Waals surface area contributed by atoms with Gasteiger partial charge in [-0.25, -0.2) is 0 Å². The molecule has 1 amide bonds. The zero-order valence-electron chi connectivity index (χ0n) is 17.9. The highest BCUT2D eigenvalue weighted by atomic mass is 32.5. The number of aliphatic hydroxyl groups is 3. The summed E-state index contributed by atoms with van der Waals surface area (Å²) < 4.78 is 0. The maximum Gasteiger partial charge on any atom is 0.319 e. The molecule has 8 nitrogen and oxygen atoms in total. The predicted octanol–water partition coefficient (Wildman–Crippen LogP) is 2.47. The number of primary amides is 1. The number of carbonyl (C=O) groups excluding carboxylic acids is 1. The lowest BCUT2D eigenvalue weighted by atomic mass is 10.0. The zero-order valence-corrected chi connectivity index (χ0v) is 19.6. The molecule has 0 aliphatic carbocycles. The Hall–Kier alpha value is -0.120. The van der Waals surface area contributed by atoms with Crippen LogP contribution in [0.4, 0.5) is 0 Å². The van der Waals surface area contributed by atoms with Gasteiger partial charge >= 0.3 is 6.72 Å². The van der Waals surface area contributed by atoms with E-state index in [1.807, 2.05) is 0 Å². The molecule has 10 heteroatoms. The van der Waals surface area contributed by atoms with Gasteiger partial charge in [-0.2, -0.15) is 0 Å². The highest BCUT2D eigenvalue weighted by Gasteiger charge is 1.96. The molecular formula is C19H44NO7PS. The second-order valence-electron chi connectivity index (χ2n) is 6.99. The average molecular weight is 462 g/mol. The fourth-order valence-corrected chi connectivity index (χ4v) is 2.37. The molecule has 0 rings (SSSR count). The van der Waals surface area contributed by atoms with E-state index in [-0.39, 0.29) is 19.1 Å². The minimum atomic E-state index is -3.81. The molecule has 0 spiro atoms. The van der Waals surface area contributed by atoms with Crippen LogP contribution in [0.1, 0.15) is 96.8 Å². The number of aliphatic hydroxyl groups excluding tert-OH is 3. The van der Waals surface area contributed by atoms with Crippen LogP contribution in [-0.4, -0.2) is 55.2 Å². The van der Waals surface area contributed by atoms with Crippen LogP contribution >= 0.6 is 6.72 Å². The lowest BCUT2D eigenvalue weighted by Crippen LogP contribution is -2.15. The van der Waals surface area contributed by atoms with Gasteiger partial charge in [0.25, 0.3) is 0 Å². The Bertz CT molecular complexity index is 371. The average Bonchev–Trinajstić information content (AvgIpc) is 2.63. The lowest BCUT2D eigenvalue weighted by molar-refractivity contribution is -0.118. The van der Waals surface area contributed by atoms with Crippen LogP contribution in [0, 0.1) is 0 Å². The molecule has 0 bridgehead atoms. The topological polar surface area (TPSA) is 164 Å². The Morgan fingerprint density at radius 1 is 0.793 bits per heavy atom. The van der Waals surface area contributed by atoms with Gasteiger partial charge < -0.3 is 35.7 Å². The summed E-state index contributed by atoms with van der Waals surface area (Å²) in [6.07, 6.45) is 17.0. The van der Waals surface area contributed by atoms with Gasteiger partial charge in [0.05, 0.1) is 13.2 Å². The third kappa shape index (κ3) is 52.4. The minimum absolute atomic E-state index is 0.155. The number of amides is 1. The summed E-state index contributed by atoms with van der Waals surface area (Å²) in [5, 5.41) is 24.0. The van der Waals surface area contributed by atoms with Gasteiger partial charge in [0.1, 0.15) is 6.10 Å². The van der Waals surface area contributed by atoms with Gasteiger partial charge in [0.15, 0.2) is 0 Å². The Labute approximate surface area is 181 Å². The first-order valence-electron chi connectivity index (χ1n) is 10.5. The van der Waals surface area contributed by atoms with Crippen LogP contribution in [0.25, 0.3) is 0 Å². The van der Waals surface area contributed by atoms with Gasteiger partial charge in [-0.3, -0.25) is 4.79 Å². The van der Waals surface area contributed by atoms with Crippen molar-refractivity contribution >= 4 is 24.4 Å². The lowest BCUT2D eigenvalue weighted by Gasteiger charge is -2.02. The minimum Gasteiger partial charge on any atom is -0.394 e. The SMILES string of the molecule is CCCCCCCCCCCCCCCC(N)=O.OCC(O)CO.OP(O)(O)=S. The van der Waals surface area contributed by atoms with Crippen molar-refractivity contribution in [3.8, 4) is 0 Å². The summed E-state index contributed by atoms with van der Waals surface area (Å²) in [7, 11) is 0. The van der Waals surface area contributed by atoms with Crippen LogP contribution in [0.2, 0.25) is 0 Å². The number of rotatable bonds is 16. The third-order valence-corrected chi connectivity index (χ3v) is 3.95. The van der Waals surface area contributed by atoms with Crippen molar-refractivity contribution in [2.75, 3.05) is 13.2 Å². The highest BCUT2D eigenvalue weighted by Crippen LogP contribution is 2.26. The fourth-order valence-electron chi connectivity index (χ4n) is 2.37. The van der Waals surface area contributed by atoms with Gasteiger partial charge in [0, 0.05) is 6.42 Å². The maximum atomic E-state index is 10.5. The van der Waals surface area contributed by atoms with Gasteiger partial charge in [0.2, 0.25) is 5.91 Å². The van der Waals surface area contributed by atoms with Crippen molar-refractivity contribution in [2.24, 2.45) is 5.73 Å². The molecule has 29 heavy (non-hydrogen) atoms. The van der Waals surface area contributed by atoms with Crippen molar-refractivity contribution in [2.45, 2.75) is 103 Å². The van der Waals surface area contributed by atoms with Crippen LogP contribution in [-0.2, 0) is 16.6 Å². The van der Waals surface area contributed by atoms with Crippen molar-refractivity contribution in [3.63, 3.8) is 0 Å². The Morgan fingerprint density at radius 2 is 1.07 bits per heavy atom. The molecule has 8 N–H and O–H groups in total. The first-order valence-corrected chi connectivity index (χ1v) is 13.2. The number of nitrogens with two attached hydrogens (primary N) is 1. The Kier molecular flexibility index (Phi) is 30.0. The Balaban J connectivity index is -0.000000502. The summed E-state index contributed by atoms with van der Waals surface area (Å²) in [4.78, 5) is 33.2. The molecule has 0 aromatic rings. The molecule has 0 radical (unpaired) electrons. The van der Waals surface area contributed by atoms with E-state index < -0.39 is 12.8 Å². The van der Waals surface area contributed by atoms with E-state index in [2.05, 4.69) is 18.7 Å². The largest absolute Gasteiger partial charge is 0.394 e. The molecule has 0 unspecified atom stereocenters. The standard InChI is InChI=1S/C16H33NO.C3H8O3.H3O3PS/c1-2-3-4-5-6-7-8-9-10-11-12-13-14-15-16(17)18;4-1-3(6)2-5;1-4(2,3)5/h2-15H2,1H3,(H2,17,18);3-6H,1-2H2;(H3,1,2,3,5). The first-order chi connectivity index (χ1) is 13.6. The number of hydrogen-bond acceptors (Lipinski definition) is 5. The molecule has 0 aliphatic heterocycles. The molecule has 0 saturated heterocycles. The Morgan fingerprint density at radius 3 is 1.28 bits per heavy atom. The number of hydrogen-bond donors (Lipinski definition) is 7. The zero-order chi connectivity index (χ0) is 23.0. The summed E-state index contributed by atoms with van der Waals surface area (Å²) in [5.41, 5.74) is 5.09. The van der Waals surface area contributed by atoms with E-state index in [0.717, 1.165) is 6.42 Å². The van der Waals surface area contributed by atoms with Crippen molar-refractivity contribution in [3.05, 3.63) is 0 Å². The first kappa shape index (κ1) is 33.5. The highest BCUT2D eigenvalue weighted by molar-refractivity contribution is 8.06. The van der Waals surface area contributed by atoms with Gasteiger partial charge in [-0.15, -0.1) is 0 Å². The van der Waals surface area contributed by atoms with Gasteiger partial charge in [-0.05, 0) is 18.2 Å². The van der Waals surface area contributed by atoms with E-state index in [0.29, 0.717) is 6.42 Å². The molecule has 0 aliphatic rings. The van der Waals surface area contributed by atoms with E-state index in [4.69, 9.17) is 35.7 Å². The number of unbranched alkanes of at least 4 members (excludes halogenated alkanes) is 12. The smallest absolute Gasteiger partial charge is 0.319 e. The fraction of sp³-hybridized carbons (Fsp3) is 0.947. The molecule has 0 fully saturated rings. The quantitative estimate of drug-likeness (QED) is 0.136. The summed E-state index contributed by atoms with van der Waals surface area (Å²) in [5.74, 6) is -0.155. The molecular weight excluding hydrogens is 417 g/mol. The predicted molar refractivity (Wildman–Crippen MR) is 121 cm³/mol. The monoisotopic (exact) mass is 461 g/mol. The molecule has 0 aromatic carbocycles. The van der Waals surface area contributed by atoms with Crippen LogP contribution in [0.3, 0.4) is 0 Å². The normalized spacial score (nSPS) is 10.8.